The molecule has 1 saturated heterocycles. The van der Waals surface area contributed by atoms with Crippen LogP contribution in [0, 0.1) is 6.92 Å². The Bertz CT molecular complexity index is 2220. The van der Waals surface area contributed by atoms with Crippen molar-refractivity contribution in [3.8, 4) is 28.6 Å². The molecular weight excluding hydrogens is 731 g/mol. The van der Waals surface area contributed by atoms with Crippen molar-refractivity contribution in [2.45, 2.75) is 45.8 Å². The highest BCUT2D eigenvalue weighted by Crippen LogP contribution is 2.45. The molecule has 4 aromatic rings. The zero-order valence-corrected chi connectivity index (χ0v) is 30.1. The van der Waals surface area contributed by atoms with Crippen LogP contribution in [-0.2, 0) is 30.4 Å². The van der Waals surface area contributed by atoms with Gasteiger partial charge in [0.05, 0.1) is 39.8 Å². The van der Waals surface area contributed by atoms with Crippen molar-refractivity contribution in [2.24, 2.45) is 0 Å². The maximum Gasteiger partial charge on any atom is 0.416 e. The second-order valence-electron chi connectivity index (χ2n) is 13.3. The smallest absolute Gasteiger partial charge is 0.416 e. The van der Waals surface area contributed by atoms with Gasteiger partial charge in [0, 0.05) is 31.9 Å². The number of allylic oxidation sites excluding steroid dienone is 2. The van der Waals surface area contributed by atoms with Crippen LogP contribution in [0.2, 0.25) is 5.02 Å². The van der Waals surface area contributed by atoms with E-state index in [1.165, 1.54) is 6.33 Å². The van der Waals surface area contributed by atoms with Crippen LogP contribution in [0.25, 0.3) is 11.4 Å². The highest BCUT2D eigenvalue weighted by molar-refractivity contribution is 6.34. The van der Waals surface area contributed by atoms with E-state index < -0.39 is 23.6 Å². The zero-order valence-electron chi connectivity index (χ0n) is 29.3. The van der Waals surface area contributed by atoms with E-state index in [1.807, 2.05) is 19.1 Å². The zero-order chi connectivity index (χ0) is 37.9. The molecule has 2 N–H and O–H groups in total. The van der Waals surface area contributed by atoms with E-state index in [4.69, 9.17) is 31.2 Å². The summed E-state index contributed by atoms with van der Waals surface area (Å²) in [6.07, 6.45) is -2.22. The van der Waals surface area contributed by atoms with Gasteiger partial charge in [0.1, 0.15) is 26.1 Å². The molecule has 0 radical (unpaired) electrons. The number of ether oxygens (including phenoxy) is 2. The summed E-state index contributed by atoms with van der Waals surface area (Å²) in [4.78, 5) is 45.6. The van der Waals surface area contributed by atoms with Crippen molar-refractivity contribution in [3.05, 3.63) is 75.1 Å². The number of para-hydroxylation sites is 1. The number of carbonyl (C=O) groups is 2. The molecule has 8 rings (SSSR count). The van der Waals surface area contributed by atoms with Crippen LogP contribution in [0.5, 0.6) is 17.2 Å². The predicted molar refractivity (Wildman–Crippen MR) is 190 cm³/mol. The number of amides is 2. The number of piperazine rings is 1. The van der Waals surface area contributed by atoms with E-state index in [1.54, 1.807) is 27.5 Å². The lowest BCUT2D eigenvalue weighted by molar-refractivity contribution is -0.138. The fourth-order valence-electron chi connectivity index (χ4n) is 7.40. The summed E-state index contributed by atoms with van der Waals surface area (Å²) < 4.78 is 54.6. The first-order chi connectivity index (χ1) is 25.9. The summed E-state index contributed by atoms with van der Waals surface area (Å²) in [5.41, 5.74) is 2.44. The van der Waals surface area contributed by atoms with Crippen molar-refractivity contribution in [1.29, 1.82) is 0 Å². The number of benzene rings is 2. The van der Waals surface area contributed by atoms with Gasteiger partial charge in [-0.05, 0) is 55.5 Å². The number of aromatic nitrogens is 5. The van der Waals surface area contributed by atoms with Gasteiger partial charge in [-0.15, -0.1) is 5.10 Å². The molecule has 0 bridgehead atoms. The van der Waals surface area contributed by atoms with Gasteiger partial charge in [-0.3, -0.25) is 9.59 Å². The van der Waals surface area contributed by atoms with Crippen molar-refractivity contribution in [3.63, 3.8) is 0 Å². The number of nitrogens with one attached hydrogen (secondary N) is 1. The minimum Gasteiger partial charge on any atom is -0.504 e. The van der Waals surface area contributed by atoms with Gasteiger partial charge < -0.3 is 34.6 Å². The highest BCUT2D eigenvalue weighted by atomic mass is 35.5. The van der Waals surface area contributed by atoms with Crippen LogP contribution in [0.3, 0.4) is 0 Å². The molecule has 14 nitrogen and oxygen atoms in total. The fourth-order valence-corrected chi connectivity index (χ4v) is 7.67. The van der Waals surface area contributed by atoms with Crippen molar-refractivity contribution >= 4 is 35.1 Å². The first-order valence-corrected chi connectivity index (χ1v) is 17.9. The van der Waals surface area contributed by atoms with Gasteiger partial charge >= 0.3 is 6.18 Å². The number of hydrogen-bond acceptors (Lipinski definition) is 11. The van der Waals surface area contributed by atoms with Crippen molar-refractivity contribution in [2.75, 3.05) is 56.2 Å². The van der Waals surface area contributed by atoms with E-state index in [9.17, 15) is 27.9 Å². The van der Waals surface area contributed by atoms with Crippen LogP contribution in [0.4, 0.5) is 24.8 Å². The van der Waals surface area contributed by atoms with Crippen LogP contribution in [0.1, 0.15) is 46.2 Å². The third-order valence-electron chi connectivity index (χ3n) is 10.1. The van der Waals surface area contributed by atoms with Crippen LogP contribution in [-0.4, -0.2) is 97.4 Å². The second-order valence-corrected chi connectivity index (χ2v) is 13.7. The third kappa shape index (κ3) is 6.19. The Labute approximate surface area is 312 Å². The number of anilines is 2. The lowest BCUT2D eigenvalue weighted by Gasteiger charge is -2.41. The number of rotatable bonds is 7. The van der Waals surface area contributed by atoms with E-state index in [0.29, 0.717) is 98.9 Å². The Morgan fingerprint density at radius 1 is 1.06 bits per heavy atom. The number of halogens is 4. The molecular formula is C36H35ClF3N9O5. The lowest BCUT2D eigenvalue weighted by atomic mass is 9.83. The molecule has 4 aliphatic rings. The van der Waals surface area contributed by atoms with Gasteiger partial charge in [0.25, 0.3) is 5.91 Å². The van der Waals surface area contributed by atoms with Gasteiger partial charge in [-0.2, -0.15) is 18.2 Å². The molecule has 2 aromatic heterocycles. The molecule has 5 heterocycles. The molecule has 282 valence electrons. The number of aromatic hydroxyl groups is 1. The van der Waals surface area contributed by atoms with Crippen LogP contribution >= 0.6 is 11.6 Å². The second kappa shape index (κ2) is 13.7. The Morgan fingerprint density at radius 3 is 2.54 bits per heavy atom. The minimum atomic E-state index is -4.56. The average Bonchev–Trinajstić information content (AvgIpc) is 3.57. The van der Waals surface area contributed by atoms with Gasteiger partial charge in [-0.1, -0.05) is 24.6 Å². The molecule has 1 fully saturated rings. The Morgan fingerprint density at radius 2 is 1.81 bits per heavy atom. The van der Waals surface area contributed by atoms with E-state index in [0.717, 1.165) is 17.5 Å². The van der Waals surface area contributed by atoms with Crippen molar-refractivity contribution in [1.82, 2.24) is 34.5 Å². The van der Waals surface area contributed by atoms with Crippen LogP contribution in [0.15, 0.2) is 42.0 Å². The van der Waals surface area contributed by atoms with Gasteiger partial charge in [0.2, 0.25) is 11.9 Å². The number of hydrogen-bond donors (Lipinski definition) is 2. The minimum absolute atomic E-state index is 0.0559. The maximum atomic E-state index is 13.9. The molecule has 3 aliphatic heterocycles. The molecule has 2 amide bonds. The summed E-state index contributed by atoms with van der Waals surface area (Å²) >= 11 is 6.37. The van der Waals surface area contributed by atoms with E-state index in [2.05, 4.69) is 20.2 Å². The summed E-state index contributed by atoms with van der Waals surface area (Å²) in [7, 11) is 0. The van der Waals surface area contributed by atoms with Gasteiger partial charge in [-0.25, -0.2) is 14.6 Å². The molecule has 0 saturated carbocycles. The number of alkyl halides is 3. The fraction of sp³-hybridized carbons (Fsp3) is 0.389. The molecule has 1 aliphatic carbocycles. The first-order valence-electron chi connectivity index (χ1n) is 17.5. The lowest BCUT2D eigenvalue weighted by Crippen LogP contribution is -2.50. The SMILES string of the molecule is CCC1=C(N2CCN(C(=O)c3ncnc(C)c3O)CC2)Cn2nc(-c3cccc4c3OCCO4)nc2N1CC(=O)Nc1c(Cl)cc(C(F)(F)F)c2c1CC2. The number of aryl methyl sites for hydroxylation is 1. The molecule has 54 heavy (non-hydrogen) atoms. The predicted octanol–water partition coefficient (Wildman–Crippen LogP) is 4.83. The van der Waals surface area contributed by atoms with Crippen molar-refractivity contribution < 1.29 is 37.3 Å². The number of carbonyl (C=O) groups excluding carboxylic acids is 2. The normalized spacial score (nSPS) is 16.5. The Kier molecular flexibility index (Phi) is 8.98. The maximum absolute atomic E-state index is 13.9. The summed E-state index contributed by atoms with van der Waals surface area (Å²) in [5, 5.41) is 17.9. The number of fused-ring (bicyclic) bond motifs is 3. The average molecular weight is 766 g/mol. The monoisotopic (exact) mass is 765 g/mol. The Hall–Kier alpha value is -5.58. The Balaban J connectivity index is 1.11. The first kappa shape index (κ1) is 35.4. The summed E-state index contributed by atoms with van der Waals surface area (Å²) in [6.45, 7) is 5.95. The summed E-state index contributed by atoms with van der Waals surface area (Å²) in [6, 6.07) is 6.33. The summed E-state index contributed by atoms with van der Waals surface area (Å²) in [5.74, 6) is 0.682. The van der Waals surface area contributed by atoms with E-state index >= 15 is 0 Å². The topological polar surface area (TPSA) is 151 Å². The molecule has 18 heteroatoms. The molecule has 0 atom stereocenters. The highest BCUT2D eigenvalue weighted by Gasteiger charge is 2.39. The third-order valence-corrected chi connectivity index (χ3v) is 10.4. The quantitative estimate of drug-likeness (QED) is 0.266. The molecule has 2 aromatic carbocycles. The molecule has 0 spiro atoms. The van der Waals surface area contributed by atoms with Crippen LogP contribution < -0.4 is 19.7 Å². The van der Waals surface area contributed by atoms with E-state index in [-0.39, 0.29) is 40.7 Å². The molecule has 0 unspecified atom stereocenters. The number of nitrogens with zero attached hydrogens (tertiary/aromatic N) is 8. The standard InChI is InChI=1S/C36H35ClF3N9O5/c1-3-25-26(46-9-11-47(12-10-46)34(52)30-31(51)19(2)41-18-42-30)16-49-35(44-33(45-49)22-5-4-6-27-32(22)54-14-13-53-27)48(25)17-28(50)43-29-21-8-7-20(21)23(15-24(29)37)36(38,39)40/h4-6,15,18,51H,3,7-14,16-17H2,1-2H3,(H,43,50). The van der Waals surface area contributed by atoms with Gasteiger partial charge in [0.15, 0.2) is 28.8 Å². The largest absolute Gasteiger partial charge is 0.504 e.